The Morgan fingerprint density at radius 1 is 1.04 bits per heavy atom. The number of anilines is 1. The summed E-state index contributed by atoms with van der Waals surface area (Å²) in [5, 5.41) is 7.99. The summed E-state index contributed by atoms with van der Waals surface area (Å²) in [5.41, 5.74) is 2.16. The van der Waals surface area contributed by atoms with E-state index in [9.17, 15) is 14.0 Å². The van der Waals surface area contributed by atoms with Gasteiger partial charge in [-0.3, -0.25) is 9.59 Å². The number of thiophene rings is 1. The average Bonchev–Trinajstić information content (AvgIpc) is 3.17. The van der Waals surface area contributed by atoms with Crippen LogP contribution in [0.25, 0.3) is 0 Å². The van der Waals surface area contributed by atoms with E-state index in [1.54, 1.807) is 23.6 Å². The largest absolute Gasteiger partial charge is 0.348 e. The second-order valence-corrected chi connectivity index (χ2v) is 7.25. The van der Waals surface area contributed by atoms with Gasteiger partial charge in [-0.25, -0.2) is 4.39 Å². The summed E-state index contributed by atoms with van der Waals surface area (Å²) in [6.07, 6.45) is 0.660. The number of carbonyl (C=O) groups is 2. The topological polar surface area (TPSA) is 58.2 Å². The third-order valence-corrected chi connectivity index (χ3v) is 5.27. The van der Waals surface area contributed by atoms with E-state index in [0.717, 1.165) is 11.1 Å². The molecule has 2 N–H and O–H groups in total. The molecule has 2 aromatic carbocycles. The summed E-state index contributed by atoms with van der Waals surface area (Å²) >= 11 is 1.31. The van der Waals surface area contributed by atoms with Crippen molar-refractivity contribution >= 4 is 28.2 Å². The van der Waals surface area contributed by atoms with Crippen LogP contribution in [0.4, 0.5) is 9.39 Å². The molecule has 6 heteroatoms. The maximum Gasteiger partial charge on any atom is 0.254 e. The van der Waals surface area contributed by atoms with Gasteiger partial charge in [0.05, 0.1) is 11.5 Å². The highest BCUT2D eigenvalue weighted by Gasteiger charge is 2.21. The van der Waals surface area contributed by atoms with Crippen LogP contribution in [-0.4, -0.2) is 11.8 Å². The van der Waals surface area contributed by atoms with Crippen LogP contribution in [0.2, 0.25) is 0 Å². The molecule has 2 amide bonds. The highest BCUT2D eigenvalue weighted by Crippen LogP contribution is 2.27. The van der Waals surface area contributed by atoms with Gasteiger partial charge in [0.25, 0.3) is 5.91 Å². The Kier molecular flexibility index (Phi) is 6.55. The number of carbonyl (C=O) groups excluding carboxylic acids is 2. The molecule has 0 saturated heterocycles. The van der Waals surface area contributed by atoms with Crippen molar-refractivity contribution in [3.05, 3.63) is 88.6 Å². The van der Waals surface area contributed by atoms with Gasteiger partial charge in [0.2, 0.25) is 5.91 Å². The maximum atomic E-state index is 13.0. The van der Waals surface area contributed by atoms with Crippen LogP contribution in [0.5, 0.6) is 0 Å². The van der Waals surface area contributed by atoms with E-state index in [1.165, 1.54) is 23.5 Å². The Balaban J connectivity index is 1.66. The molecule has 0 aliphatic rings. The molecule has 0 spiro atoms. The number of amides is 2. The number of nitrogens with one attached hydrogen (secondary N) is 2. The Morgan fingerprint density at radius 3 is 2.43 bits per heavy atom. The van der Waals surface area contributed by atoms with E-state index in [4.69, 9.17) is 0 Å². The molecule has 144 valence electrons. The number of hydrogen-bond acceptors (Lipinski definition) is 3. The average molecular weight is 396 g/mol. The molecule has 1 heterocycles. The molecule has 28 heavy (non-hydrogen) atoms. The molecule has 0 aliphatic heterocycles. The van der Waals surface area contributed by atoms with Gasteiger partial charge >= 0.3 is 0 Å². The smallest absolute Gasteiger partial charge is 0.254 e. The minimum absolute atomic E-state index is 0.135. The van der Waals surface area contributed by atoms with Crippen molar-refractivity contribution in [3.8, 4) is 0 Å². The molecule has 1 atom stereocenters. The number of hydrogen-bond donors (Lipinski definition) is 2. The fourth-order valence-corrected chi connectivity index (χ4v) is 3.71. The first kappa shape index (κ1) is 19.8. The van der Waals surface area contributed by atoms with Crippen LogP contribution in [0.1, 0.15) is 40.7 Å². The lowest BCUT2D eigenvalue weighted by molar-refractivity contribution is -0.117. The van der Waals surface area contributed by atoms with E-state index in [-0.39, 0.29) is 30.1 Å². The summed E-state index contributed by atoms with van der Waals surface area (Å²) in [6, 6.07) is 17.2. The Hall–Kier alpha value is -2.99. The van der Waals surface area contributed by atoms with Gasteiger partial charge in [-0.1, -0.05) is 49.4 Å². The third kappa shape index (κ3) is 4.84. The summed E-state index contributed by atoms with van der Waals surface area (Å²) in [7, 11) is 0. The van der Waals surface area contributed by atoms with Gasteiger partial charge in [0.15, 0.2) is 0 Å². The normalized spacial score (nSPS) is 11.6. The molecule has 0 saturated carbocycles. The fraction of sp³-hybridized carbons (Fsp3) is 0.182. The fourth-order valence-electron chi connectivity index (χ4n) is 2.92. The second kappa shape index (κ2) is 9.28. The first-order valence-electron chi connectivity index (χ1n) is 9.04. The summed E-state index contributed by atoms with van der Waals surface area (Å²) in [5.74, 6) is -1.02. The van der Waals surface area contributed by atoms with Crippen LogP contribution in [0.15, 0.2) is 66.0 Å². The molecule has 0 radical (unpaired) electrons. The van der Waals surface area contributed by atoms with Crippen molar-refractivity contribution in [2.75, 3.05) is 5.32 Å². The quantitative estimate of drug-likeness (QED) is 0.594. The molecule has 1 unspecified atom stereocenters. The molecule has 0 fully saturated rings. The van der Waals surface area contributed by atoms with E-state index in [2.05, 4.69) is 10.6 Å². The Labute approximate surface area is 167 Å². The maximum absolute atomic E-state index is 13.0. The predicted molar refractivity (Wildman–Crippen MR) is 110 cm³/mol. The number of benzene rings is 2. The van der Waals surface area contributed by atoms with E-state index in [1.807, 2.05) is 37.3 Å². The Bertz CT molecular complexity index is 939. The minimum atomic E-state index is -0.318. The van der Waals surface area contributed by atoms with Crippen LogP contribution in [-0.2, 0) is 11.3 Å². The lowest BCUT2D eigenvalue weighted by Gasteiger charge is -2.15. The molecule has 0 bridgehead atoms. The molecular formula is C22H21FN2O2S. The van der Waals surface area contributed by atoms with E-state index >= 15 is 0 Å². The minimum Gasteiger partial charge on any atom is -0.348 e. The lowest BCUT2D eigenvalue weighted by Crippen LogP contribution is -2.25. The standard InChI is InChI=1S/C22H21FN2O2S/c1-2-18(16-6-4-3-5-7-16)21(27)25-22-19(12-13-28-22)20(26)24-14-15-8-10-17(23)11-9-15/h3-13,18H,2,14H2,1H3,(H,24,26)(H,25,27). The SMILES string of the molecule is CCC(C(=O)Nc1sccc1C(=O)NCc1ccc(F)cc1)c1ccccc1. The van der Waals surface area contributed by atoms with E-state index in [0.29, 0.717) is 17.0 Å². The first-order chi connectivity index (χ1) is 13.6. The lowest BCUT2D eigenvalue weighted by atomic mass is 9.96. The molecule has 4 nitrogen and oxygen atoms in total. The zero-order chi connectivity index (χ0) is 19.9. The van der Waals surface area contributed by atoms with Gasteiger partial charge in [-0.2, -0.15) is 0 Å². The molecule has 3 aromatic rings. The second-order valence-electron chi connectivity index (χ2n) is 6.33. The van der Waals surface area contributed by atoms with Crippen LogP contribution >= 0.6 is 11.3 Å². The van der Waals surface area contributed by atoms with Gasteiger partial charge in [-0.05, 0) is 41.1 Å². The number of rotatable bonds is 7. The highest BCUT2D eigenvalue weighted by molar-refractivity contribution is 7.14. The van der Waals surface area contributed by atoms with Gasteiger partial charge < -0.3 is 10.6 Å². The van der Waals surface area contributed by atoms with Crippen LogP contribution in [0.3, 0.4) is 0 Å². The van der Waals surface area contributed by atoms with Crippen molar-refractivity contribution in [3.63, 3.8) is 0 Å². The summed E-state index contributed by atoms with van der Waals surface area (Å²) in [4.78, 5) is 25.3. The van der Waals surface area contributed by atoms with Crippen LogP contribution < -0.4 is 10.6 Å². The first-order valence-corrected chi connectivity index (χ1v) is 9.92. The third-order valence-electron chi connectivity index (χ3n) is 4.44. The zero-order valence-electron chi connectivity index (χ0n) is 15.4. The van der Waals surface area contributed by atoms with Crippen molar-refractivity contribution in [1.29, 1.82) is 0 Å². The van der Waals surface area contributed by atoms with Gasteiger partial charge in [0, 0.05) is 6.54 Å². The zero-order valence-corrected chi connectivity index (χ0v) is 16.3. The molecule has 3 rings (SSSR count). The number of halogens is 1. The van der Waals surface area contributed by atoms with Crippen molar-refractivity contribution in [1.82, 2.24) is 5.32 Å². The summed E-state index contributed by atoms with van der Waals surface area (Å²) in [6.45, 7) is 2.24. The van der Waals surface area contributed by atoms with Crippen molar-refractivity contribution in [2.24, 2.45) is 0 Å². The molecule has 0 aliphatic carbocycles. The summed E-state index contributed by atoms with van der Waals surface area (Å²) < 4.78 is 13.0. The highest BCUT2D eigenvalue weighted by atomic mass is 32.1. The van der Waals surface area contributed by atoms with Crippen molar-refractivity contribution in [2.45, 2.75) is 25.8 Å². The monoisotopic (exact) mass is 396 g/mol. The predicted octanol–water partition coefficient (Wildman–Crippen LogP) is 4.95. The van der Waals surface area contributed by atoms with E-state index < -0.39 is 0 Å². The van der Waals surface area contributed by atoms with Crippen molar-refractivity contribution < 1.29 is 14.0 Å². The van der Waals surface area contributed by atoms with Gasteiger partial charge in [-0.15, -0.1) is 11.3 Å². The van der Waals surface area contributed by atoms with Crippen LogP contribution in [0, 0.1) is 5.82 Å². The molecular weight excluding hydrogens is 375 g/mol. The molecule has 1 aromatic heterocycles. The van der Waals surface area contributed by atoms with Gasteiger partial charge in [0.1, 0.15) is 10.8 Å². The Morgan fingerprint density at radius 2 is 1.75 bits per heavy atom.